The van der Waals surface area contributed by atoms with Crippen molar-refractivity contribution in [3.63, 3.8) is 0 Å². The van der Waals surface area contributed by atoms with E-state index in [1.807, 2.05) is 60.4 Å². The molecule has 2 heterocycles. The van der Waals surface area contributed by atoms with Gasteiger partial charge in [0, 0.05) is 30.3 Å². The van der Waals surface area contributed by atoms with E-state index in [1.54, 1.807) is 6.20 Å². The fourth-order valence-electron chi connectivity index (χ4n) is 3.61. The fraction of sp³-hybridized carbons (Fsp3) is 0.261. The molecule has 154 valence electrons. The summed E-state index contributed by atoms with van der Waals surface area (Å²) in [6, 6.07) is 15.1. The van der Waals surface area contributed by atoms with Crippen LogP contribution in [-0.4, -0.2) is 40.8 Å². The number of nitrogens with zero attached hydrogens (tertiary/aromatic N) is 2. The molecule has 3 aromatic rings. The van der Waals surface area contributed by atoms with E-state index in [-0.39, 0.29) is 17.9 Å². The van der Waals surface area contributed by atoms with E-state index < -0.39 is 0 Å². The zero-order valence-corrected chi connectivity index (χ0v) is 18.2. The molecule has 5 nitrogen and oxygen atoms in total. The minimum atomic E-state index is -0.0512. The van der Waals surface area contributed by atoms with Gasteiger partial charge < -0.3 is 10.2 Å². The van der Waals surface area contributed by atoms with Gasteiger partial charge in [-0.15, -0.1) is 11.3 Å². The predicted molar refractivity (Wildman–Crippen MR) is 120 cm³/mol. The van der Waals surface area contributed by atoms with Crippen LogP contribution in [0.5, 0.6) is 0 Å². The molecule has 0 aliphatic carbocycles. The molecule has 0 unspecified atom stereocenters. The van der Waals surface area contributed by atoms with Gasteiger partial charge in [-0.1, -0.05) is 48.0 Å². The third-order valence-electron chi connectivity index (χ3n) is 5.33. The van der Waals surface area contributed by atoms with Gasteiger partial charge in [0.05, 0.1) is 11.2 Å². The number of rotatable bonds is 4. The molecule has 1 N–H and O–H groups in total. The molecular weight excluding hydrogens is 418 g/mol. The van der Waals surface area contributed by atoms with Crippen LogP contribution in [0.1, 0.15) is 38.4 Å². The number of carbonyl (C=O) groups excluding carboxylic acids is 2. The van der Waals surface area contributed by atoms with E-state index in [2.05, 4.69) is 10.3 Å². The minimum absolute atomic E-state index is 0.0190. The van der Waals surface area contributed by atoms with Crippen LogP contribution in [0.3, 0.4) is 0 Å². The summed E-state index contributed by atoms with van der Waals surface area (Å²) in [5.74, 6) is -0.0702. The van der Waals surface area contributed by atoms with Crippen LogP contribution in [0.15, 0.2) is 54.7 Å². The topological polar surface area (TPSA) is 62.3 Å². The summed E-state index contributed by atoms with van der Waals surface area (Å²) in [5, 5.41) is 4.47. The lowest BCUT2D eigenvalue weighted by Gasteiger charge is -2.32. The SMILES string of the molecule is Cc1ccccc1C(=O)NC1CCN(C(=O)c2cnc(-c3ccccc3Cl)s2)CC1. The van der Waals surface area contributed by atoms with Crippen molar-refractivity contribution < 1.29 is 9.59 Å². The molecule has 0 bridgehead atoms. The molecule has 1 aliphatic rings. The number of carbonyl (C=O) groups is 2. The Bertz CT molecular complexity index is 1070. The highest BCUT2D eigenvalue weighted by molar-refractivity contribution is 7.17. The number of aromatic nitrogens is 1. The molecule has 30 heavy (non-hydrogen) atoms. The fourth-order valence-corrected chi connectivity index (χ4v) is 4.81. The third kappa shape index (κ3) is 4.40. The predicted octanol–water partition coefficient (Wildman–Crippen LogP) is 4.81. The minimum Gasteiger partial charge on any atom is -0.349 e. The first kappa shape index (κ1) is 20.6. The number of thiazole rings is 1. The molecule has 1 saturated heterocycles. The number of likely N-dealkylation sites (tertiary alicyclic amines) is 1. The number of amides is 2. The summed E-state index contributed by atoms with van der Waals surface area (Å²) in [6.45, 7) is 3.15. The molecule has 1 fully saturated rings. The molecule has 1 aliphatic heterocycles. The summed E-state index contributed by atoms with van der Waals surface area (Å²) in [4.78, 5) is 32.3. The number of hydrogen-bond acceptors (Lipinski definition) is 4. The summed E-state index contributed by atoms with van der Waals surface area (Å²) in [7, 11) is 0. The molecule has 0 radical (unpaired) electrons. The first-order valence-electron chi connectivity index (χ1n) is 9.89. The Morgan fingerprint density at radius 2 is 1.80 bits per heavy atom. The van der Waals surface area contributed by atoms with E-state index in [9.17, 15) is 9.59 Å². The highest BCUT2D eigenvalue weighted by Gasteiger charge is 2.26. The van der Waals surface area contributed by atoms with Crippen LogP contribution in [0.2, 0.25) is 5.02 Å². The third-order valence-corrected chi connectivity index (χ3v) is 6.68. The van der Waals surface area contributed by atoms with Crippen LogP contribution in [0.4, 0.5) is 0 Å². The van der Waals surface area contributed by atoms with Crippen LogP contribution in [0, 0.1) is 6.92 Å². The zero-order valence-electron chi connectivity index (χ0n) is 16.6. The van der Waals surface area contributed by atoms with E-state index in [0.717, 1.165) is 29.0 Å². The number of nitrogens with one attached hydrogen (secondary N) is 1. The molecule has 7 heteroatoms. The van der Waals surface area contributed by atoms with E-state index in [4.69, 9.17) is 11.6 Å². The number of benzene rings is 2. The lowest BCUT2D eigenvalue weighted by Crippen LogP contribution is -2.46. The van der Waals surface area contributed by atoms with Crippen molar-refractivity contribution >= 4 is 34.8 Å². The quantitative estimate of drug-likeness (QED) is 0.634. The maximum atomic E-state index is 12.9. The molecule has 0 spiro atoms. The Morgan fingerprint density at radius 3 is 2.53 bits per heavy atom. The average molecular weight is 440 g/mol. The van der Waals surface area contributed by atoms with Gasteiger partial charge in [-0.3, -0.25) is 9.59 Å². The van der Waals surface area contributed by atoms with Gasteiger partial charge in [-0.25, -0.2) is 4.98 Å². The average Bonchev–Trinajstić information content (AvgIpc) is 3.24. The maximum Gasteiger partial charge on any atom is 0.265 e. The zero-order chi connectivity index (χ0) is 21.1. The summed E-state index contributed by atoms with van der Waals surface area (Å²) >= 11 is 7.60. The van der Waals surface area contributed by atoms with Gasteiger partial charge in [-0.05, 0) is 37.5 Å². The van der Waals surface area contributed by atoms with Crippen molar-refractivity contribution in [3.8, 4) is 10.6 Å². The Hall–Kier alpha value is -2.70. The van der Waals surface area contributed by atoms with Crippen LogP contribution in [0.25, 0.3) is 10.6 Å². The monoisotopic (exact) mass is 439 g/mol. The Morgan fingerprint density at radius 1 is 1.10 bits per heavy atom. The Kier molecular flexibility index (Phi) is 6.16. The highest BCUT2D eigenvalue weighted by atomic mass is 35.5. The second-order valence-electron chi connectivity index (χ2n) is 7.36. The lowest BCUT2D eigenvalue weighted by atomic mass is 10.0. The van der Waals surface area contributed by atoms with Gasteiger partial charge >= 0.3 is 0 Å². The van der Waals surface area contributed by atoms with E-state index >= 15 is 0 Å². The van der Waals surface area contributed by atoms with Crippen LogP contribution >= 0.6 is 22.9 Å². The second kappa shape index (κ2) is 8.98. The van der Waals surface area contributed by atoms with Crippen molar-refractivity contribution in [3.05, 3.63) is 75.8 Å². The number of halogens is 1. The molecule has 1 aromatic heterocycles. The first-order chi connectivity index (χ1) is 14.5. The van der Waals surface area contributed by atoms with Gasteiger partial charge in [0.2, 0.25) is 0 Å². The highest BCUT2D eigenvalue weighted by Crippen LogP contribution is 2.31. The normalized spacial score (nSPS) is 14.5. The summed E-state index contributed by atoms with van der Waals surface area (Å²) in [5.41, 5.74) is 2.50. The van der Waals surface area contributed by atoms with Gasteiger partial charge in [0.1, 0.15) is 9.88 Å². The first-order valence-corrected chi connectivity index (χ1v) is 11.1. The maximum absolute atomic E-state index is 12.9. The molecule has 4 rings (SSSR count). The van der Waals surface area contributed by atoms with Gasteiger partial charge in [-0.2, -0.15) is 0 Å². The Balaban J connectivity index is 1.35. The van der Waals surface area contributed by atoms with Gasteiger partial charge in [0.25, 0.3) is 11.8 Å². The largest absolute Gasteiger partial charge is 0.349 e. The van der Waals surface area contributed by atoms with Crippen molar-refractivity contribution in [2.45, 2.75) is 25.8 Å². The van der Waals surface area contributed by atoms with Crippen molar-refractivity contribution in [1.29, 1.82) is 0 Å². The Labute approximate surface area is 184 Å². The molecule has 0 saturated carbocycles. The smallest absolute Gasteiger partial charge is 0.265 e. The number of hydrogen-bond donors (Lipinski definition) is 1. The number of aryl methyl sites for hydroxylation is 1. The summed E-state index contributed by atoms with van der Waals surface area (Å²) in [6.07, 6.45) is 3.09. The van der Waals surface area contributed by atoms with Crippen molar-refractivity contribution in [2.75, 3.05) is 13.1 Å². The number of piperidine rings is 1. The molecule has 2 aromatic carbocycles. The lowest BCUT2D eigenvalue weighted by molar-refractivity contribution is 0.0702. The summed E-state index contributed by atoms with van der Waals surface area (Å²) < 4.78 is 0. The molecule has 2 amide bonds. The van der Waals surface area contributed by atoms with E-state index in [1.165, 1.54) is 11.3 Å². The van der Waals surface area contributed by atoms with E-state index in [0.29, 0.717) is 28.6 Å². The van der Waals surface area contributed by atoms with Crippen molar-refractivity contribution in [1.82, 2.24) is 15.2 Å². The second-order valence-corrected chi connectivity index (χ2v) is 8.80. The standard InChI is InChI=1S/C23H22ClN3O2S/c1-15-6-2-3-7-17(15)21(28)26-16-10-12-27(13-11-16)23(29)20-14-25-22(30-20)18-8-4-5-9-19(18)24/h2-9,14,16H,10-13H2,1H3,(H,26,28). The van der Waals surface area contributed by atoms with Crippen molar-refractivity contribution in [2.24, 2.45) is 0 Å². The molecular formula is C23H22ClN3O2S. The van der Waals surface area contributed by atoms with Crippen LogP contribution in [-0.2, 0) is 0 Å². The molecule has 0 atom stereocenters. The van der Waals surface area contributed by atoms with Gasteiger partial charge in [0.15, 0.2) is 0 Å². The van der Waals surface area contributed by atoms with Crippen LogP contribution < -0.4 is 5.32 Å².